The lowest BCUT2D eigenvalue weighted by Crippen LogP contribution is -2.43. The summed E-state index contributed by atoms with van der Waals surface area (Å²) in [5, 5.41) is 0. The van der Waals surface area contributed by atoms with Crippen LogP contribution >= 0.6 is 0 Å². The summed E-state index contributed by atoms with van der Waals surface area (Å²) in [7, 11) is -0.587. The first kappa shape index (κ1) is 16.6. The van der Waals surface area contributed by atoms with Crippen molar-refractivity contribution in [2.24, 2.45) is 5.73 Å². The Hall–Kier alpha value is -1.44. The molecule has 0 aromatic heterocycles. The Morgan fingerprint density at radius 2 is 1.80 bits per heavy atom. The second kappa shape index (κ2) is 5.90. The van der Waals surface area contributed by atoms with Crippen LogP contribution in [-0.4, -0.2) is 39.4 Å². The molecule has 0 aliphatic heterocycles. The fourth-order valence-corrected chi connectivity index (χ4v) is 2.48. The molecule has 7 heteroatoms. The Bertz CT molecular complexity index is 577. The van der Waals surface area contributed by atoms with E-state index in [1.54, 1.807) is 6.92 Å². The van der Waals surface area contributed by atoms with E-state index in [9.17, 15) is 13.2 Å². The number of sulfonamides is 1. The number of carbonyl (C=O) groups is 1. The Labute approximate surface area is 119 Å². The van der Waals surface area contributed by atoms with Crippen LogP contribution in [0.4, 0.5) is 0 Å². The van der Waals surface area contributed by atoms with Crippen LogP contribution in [0.2, 0.25) is 0 Å². The fraction of sp³-hybridized carbons (Fsp3) is 0.462. The number of ether oxygens (including phenoxy) is 1. The molecular weight excluding hydrogens is 280 g/mol. The van der Waals surface area contributed by atoms with Gasteiger partial charge in [-0.1, -0.05) is 12.1 Å². The smallest absolute Gasteiger partial charge is 0.330 e. The van der Waals surface area contributed by atoms with Crippen molar-refractivity contribution in [3.8, 4) is 0 Å². The van der Waals surface area contributed by atoms with Gasteiger partial charge in [0.15, 0.2) is 0 Å². The average molecular weight is 300 g/mol. The Balaban J connectivity index is 3.12. The second-order valence-electron chi connectivity index (χ2n) is 4.73. The molecule has 0 saturated heterocycles. The van der Waals surface area contributed by atoms with E-state index in [2.05, 4.69) is 0 Å². The molecule has 1 aromatic rings. The number of nitrogens with two attached hydrogens (primary N) is 1. The number of benzene rings is 1. The molecule has 1 aromatic carbocycles. The van der Waals surface area contributed by atoms with E-state index in [-0.39, 0.29) is 11.5 Å². The van der Waals surface area contributed by atoms with Gasteiger partial charge in [-0.3, -0.25) is 0 Å². The fourth-order valence-electron chi connectivity index (χ4n) is 1.58. The Morgan fingerprint density at radius 1 is 1.30 bits per heavy atom. The van der Waals surface area contributed by atoms with Crippen molar-refractivity contribution >= 4 is 16.0 Å². The van der Waals surface area contributed by atoms with Crippen LogP contribution in [-0.2, 0) is 25.1 Å². The van der Waals surface area contributed by atoms with E-state index in [1.807, 2.05) is 0 Å². The van der Waals surface area contributed by atoms with Crippen LogP contribution in [0, 0.1) is 0 Å². The molecule has 20 heavy (non-hydrogen) atoms. The summed E-state index contributed by atoms with van der Waals surface area (Å²) >= 11 is 0. The summed E-state index contributed by atoms with van der Waals surface area (Å²) in [5.74, 6) is -0.553. The number of esters is 1. The molecule has 0 amide bonds. The molecule has 0 bridgehead atoms. The van der Waals surface area contributed by atoms with Crippen molar-refractivity contribution < 1.29 is 17.9 Å². The molecule has 0 heterocycles. The maximum atomic E-state index is 11.9. The summed E-state index contributed by atoms with van der Waals surface area (Å²) < 4.78 is 29.9. The third-order valence-corrected chi connectivity index (χ3v) is 4.76. The molecule has 0 saturated carbocycles. The van der Waals surface area contributed by atoms with Gasteiger partial charge in [-0.05, 0) is 31.5 Å². The van der Waals surface area contributed by atoms with Gasteiger partial charge < -0.3 is 10.5 Å². The summed E-state index contributed by atoms with van der Waals surface area (Å²) in [5.41, 5.74) is 5.14. The molecule has 1 rings (SSSR count). The molecule has 0 aliphatic carbocycles. The molecule has 0 radical (unpaired) electrons. The van der Waals surface area contributed by atoms with Crippen molar-refractivity contribution in [1.82, 2.24) is 4.31 Å². The highest BCUT2D eigenvalue weighted by Crippen LogP contribution is 2.22. The third-order valence-electron chi connectivity index (χ3n) is 2.93. The van der Waals surface area contributed by atoms with Gasteiger partial charge in [0.05, 0.1) is 11.5 Å². The number of rotatable bonds is 5. The van der Waals surface area contributed by atoms with E-state index in [1.165, 1.54) is 45.3 Å². The lowest BCUT2D eigenvalue weighted by Gasteiger charge is -2.23. The second-order valence-corrected chi connectivity index (χ2v) is 6.89. The first-order valence-corrected chi connectivity index (χ1v) is 7.57. The van der Waals surface area contributed by atoms with Gasteiger partial charge in [0.25, 0.3) is 0 Å². The SMILES string of the molecule is CCOC(=O)C(C)(N)c1ccc(S(=O)(=O)N(C)C)cc1. The highest BCUT2D eigenvalue weighted by molar-refractivity contribution is 7.89. The number of carbonyl (C=O) groups excluding carboxylic acids is 1. The Kier molecular flexibility index (Phi) is 4.90. The summed E-state index contributed by atoms with van der Waals surface area (Å²) in [6.07, 6.45) is 0. The van der Waals surface area contributed by atoms with Gasteiger partial charge >= 0.3 is 5.97 Å². The van der Waals surface area contributed by atoms with Crippen molar-refractivity contribution in [3.63, 3.8) is 0 Å². The van der Waals surface area contributed by atoms with E-state index in [0.717, 1.165) is 4.31 Å². The zero-order valence-electron chi connectivity index (χ0n) is 12.1. The van der Waals surface area contributed by atoms with E-state index in [0.29, 0.717) is 5.56 Å². The first-order chi connectivity index (χ1) is 9.14. The lowest BCUT2D eigenvalue weighted by molar-refractivity contribution is -0.149. The van der Waals surface area contributed by atoms with Gasteiger partial charge in [-0.2, -0.15) is 0 Å². The van der Waals surface area contributed by atoms with Crippen molar-refractivity contribution in [3.05, 3.63) is 29.8 Å². The quantitative estimate of drug-likeness (QED) is 0.807. The molecule has 6 nitrogen and oxygen atoms in total. The standard InChI is InChI=1S/C13H20N2O4S/c1-5-19-12(16)13(2,14)10-6-8-11(9-7-10)20(17,18)15(3)4/h6-9H,5,14H2,1-4H3. The normalized spacial score (nSPS) is 14.9. The van der Waals surface area contributed by atoms with Crippen LogP contribution in [0.3, 0.4) is 0 Å². The molecular formula is C13H20N2O4S. The monoisotopic (exact) mass is 300 g/mol. The predicted molar refractivity (Wildman–Crippen MR) is 75.5 cm³/mol. The van der Waals surface area contributed by atoms with Crippen LogP contribution in [0.5, 0.6) is 0 Å². The maximum Gasteiger partial charge on any atom is 0.330 e. The van der Waals surface area contributed by atoms with Crippen molar-refractivity contribution in [2.45, 2.75) is 24.3 Å². The zero-order valence-corrected chi connectivity index (χ0v) is 12.9. The van der Waals surface area contributed by atoms with Crippen molar-refractivity contribution in [2.75, 3.05) is 20.7 Å². The lowest BCUT2D eigenvalue weighted by atomic mass is 9.93. The van der Waals surface area contributed by atoms with Gasteiger partial charge in [-0.25, -0.2) is 17.5 Å². The van der Waals surface area contributed by atoms with Gasteiger partial charge in [0, 0.05) is 14.1 Å². The summed E-state index contributed by atoms with van der Waals surface area (Å²) in [6, 6.07) is 5.89. The first-order valence-electron chi connectivity index (χ1n) is 6.13. The number of hydrogen-bond acceptors (Lipinski definition) is 5. The third kappa shape index (κ3) is 3.17. The number of hydrogen-bond donors (Lipinski definition) is 1. The van der Waals surface area contributed by atoms with Gasteiger partial charge in [0.2, 0.25) is 10.0 Å². The Morgan fingerprint density at radius 3 is 2.20 bits per heavy atom. The zero-order chi connectivity index (χ0) is 15.6. The molecule has 0 aliphatic rings. The van der Waals surface area contributed by atoms with Gasteiger partial charge in [0.1, 0.15) is 5.54 Å². The summed E-state index contributed by atoms with van der Waals surface area (Å²) in [6.45, 7) is 3.46. The molecule has 1 unspecified atom stereocenters. The highest BCUT2D eigenvalue weighted by atomic mass is 32.2. The molecule has 0 spiro atoms. The highest BCUT2D eigenvalue weighted by Gasteiger charge is 2.32. The van der Waals surface area contributed by atoms with E-state index < -0.39 is 21.5 Å². The van der Waals surface area contributed by atoms with Crippen LogP contribution < -0.4 is 5.73 Å². The van der Waals surface area contributed by atoms with E-state index >= 15 is 0 Å². The molecule has 112 valence electrons. The molecule has 1 atom stereocenters. The van der Waals surface area contributed by atoms with Gasteiger partial charge in [-0.15, -0.1) is 0 Å². The van der Waals surface area contributed by atoms with Crippen LogP contribution in [0.25, 0.3) is 0 Å². The maximum absolute atomic E-state index is 11.9. The minimum absolute atomic E-state index is 0.144. The topological polar surface area (TPSA) is 89.7 Å². The van der Waals surface area contributed by atoms with Crippen LogP contribution in [0.15, 0.2) is 29.2 Å². The minimum Gasteiger partial charge on any atom is -0.464 e. The molecule has 0 fully saturated rings. The largest absolute Gasteiger partial charge is 0.464 e. The predicted octanol–water partition coefficient (Wildman–Crippen LogP) is 0.674. The summed E-state index contributed by atoms with van der Waals surface area (Å²) in [4.78, 5) is 11.9. The average Bonchev–Trinajstić information content (AvgIpc) is 2.38. The minimum atomic E-state index is -3.49. The van der Waals surface area contributed by atoms with Crippen molar-refractivity contribution in [1.29, 1.82) is 0 Å². The molecule has 2 N–H and O–H groups in total. The van der Waals surface area contributed by atoms with E-state index in [4.69, 9.17) is 10.5 Å². The van der Waals surface area contributed by atoms with Crippen LogP contribution in [0.1, 0.15) is 19.4 Å². The number of nitrogens with zero attached hydrogens (tertiary/aromatic N) is 1.